The van der Waals surface area contributed by atoms with Gasteiger partial charge in [-0.25, -0.2) is 0 Å². The van der Waals surface area contributed by atoms with Crippen LogP contribution in [0.15, 0.2) is 0 Å². The highest BCUT2D eigenvalue weighted by Gasteiger charge is 2.48. The van der Waals surface area contributed by atoms with E-state index >= 15 is 0 Å². The average Bonchev–Trinajstić information content (AvgIpc) is 2.75. The fourth-order valence-corrected chi connectivity index (χ4v) is 2.77. The van der Waals surface area contributed by atoms with Gasteiger partial charge in [0.15, 0.2) is 0 Å². The van der Waals surface area contributed by atoms with Gasteiger partial charge in [0.1, 0.15) is 0 Å². The van der Waals surface area contributed by atoms with Gasteiger partial charge >= 0.3 is 5.97 Å². The third-order valence-corrected chi connectivity index (χ3v) is 3.63. The van der Waals surface area contributed by atoms with Crippen molar-refractivity contribution in [3.63, 3.8) is 0 Å². The van der Waals surface area contributed by atoms with Gasteiger partial charge in [-0.15, -0.1) is 0 Å². The molecule has 0 bridgehead atoms. The lowest BCUT2D eigenvalue weighted by molar-refractivity contribution is -0.152. The Morgan fingerprint density at radius 3 is 2.54 bits per heavy atom. The van der Waals surface area contributed by atoms with Gasteiger partial charge in [0, 0.05) is 12.5 Å². The number of hydrogen-bond acceptors (Lipinski definition) is 2. The van der Waals surface area contributed by atoms with Crippen LogP contribution in [0.2, 0.25) is 0 Å². The number of ether oxygens (including phenoxy) is 1. The van der Waals surface area contributed by atoms with Crippen molar-refractivity contribution in [3.8, 4) is 0 Å². The summed E-state index contributed by atoms with van der Waals surface area (Å²) >= 11 is 0. The molecule has 0 aromatic rings. The Hall–Kier alpha value is -0.570. The molecule has 2 aliphatic rings. The zero-order chi connectivity index (χ0) is 9.31. The van der Waals surface area contributed by atoms with Gasteiger partial charge in [-0.2, -0.15) is 0 Å². The zero-order valence-electron chi connectivity index (χ0n) is 7.79. The Kier molecular flexibility index (Phi) is 2.28. The molecule has 0 unspecified atom stereocenters. The van der Waals surface area contributed by atoms with Crippen molar-refractivity contribution in [2.75, 3.05) is 13.2 Å². The van der Waals surface area contributed by atoms with Gasteiger partial charge in [-0.3, -0.25) is 4.79 Å². The first-order valence-corrected chi connectivity index (χ1v) is 5.07. The Bertz CT molecular complexity index is 200. The number of hydrogen-bond donors (Lipinski definition) is 1. The maximum Gasteiger partial charge on any atom is 0.310 e. The molecule has 0 spiro atoms. The molecule has 0 radical (unpaired) electrons. The second-order valence-corrected chi connectivity index (χ2v) is 4.23. The van der Waals surface area contributed by atoms with E-state index in [1.54, 1.807) is 0 Å². The minimum Gasteiger partial charge on any atom is -0.481 e. The largest absolute Gasteiger partial charge is 0.481 e. The highest BCUT2D eigenvalue weighted by atomic mass is 16.5. The summed E-state index contributed by atoms with van der Waals surface area (Å²) in [6.45, 7) is 1.41. The molecule has 1 saturated carbocycles. The standard InChI is InChI=1S/C10H16O3/c11-9(12)10(4-1-2-5-10)8-3-6-13-7-8/h8H,1-7H2,(H,11,12)/t8-/m0/s1. The van der Waals surface area contributed by atoms with E-state index in [0.29, 0.717) is 6.61 Å². The van der Waals surface area contributed by atoms with E-state index in [1.165, 1.54) is 0 Å². The predicted molar refractivity (Wildman–Crippen MR) is 47.5 cm³/mol. The minimum atomic E-state index is -0.597. The van der Waals surface area contributed by atoms with Crippen molar-refractivity contribution in [2.24, 2.45) is 11.3 Å². The Balaban J connectivity index is 2.16. The van der Waals surface area contributed by atoms with E-state index < -0.39 is 11.4 Å². The Morgan fingerprint density at radius 2 is 2.08 bits per heavy atom. The maximum atomic E-state index is 11.3. The number of carboxylic acid groups (broad SMARTS) is 1. The molecule has 1 saturated heterocycles. The van der Waals surface area contributed by atoms with Crippen molar-refractivity contribution >= 4 is 5.97 Å². The summed E-state index contributed by atoms with van der Waals surface area (Å²) in [7, 11) is 0. The highest BCUT2D eigenvalue weighted by molar-refractivity contribution is 5.75. The smallest absolute Gasteiger partial charge is 0.310 e. The summed E-state index contributed by atoms with van der Waals surface area (Å²) in [5.41, 5.74) is -0.434. The van der Waals surface area contributed by atoms with E-state index in [2.05, 4.69) is 0 Å². The molecule has 2 fully saturated rings. The fourth-order valence-electron chi connectivity index (χ4n) is 2.77. The predicted octanol–water partition coefficient (Wildman–Crippen LogP) is 1.67. The van der Waals surface area contributed by atoms with Crippen molar-refractivity contribution in [1.29, 1.82) is 0 Å². The van der Waals surface area contributed by atoms with Crippen LogP contribution in [0, 0.1) is 11.3 Å². The van der Waals surface area contributed by atoms with Crippen LogP contribution >= 0.6 is 0 Å². The zero-order valence-corrected chi connectivity index (χ0v) is 7.79. The number of aliphatic carboxylic acids is 1. The number of carbonyl (C=O) groups is 1. The van der Waals surface area contributed by atoms with Crippen LogP contribution in [-0.4, -0.2) is 24.3 Å². The van der Waals surface area contributed by atoms with Crippen molar-refractivity contribution in [3.05, 3.63) is 0 Å². The lowest BCUT2D eigenvalue weighted by atomic mass is 9.73. The topological polar surface area (TPSA) is 46.5 Å². The first-order chi connectivity index (χ1) is 6.26. The van der Waals surface area contributed by atoms with Crippen LogP contribution in [0.5, 0.6) is 0 Å². The first kappa shape index (κ1) is 9.00. The van der Waals surface area contributed by atoms with Gasteiger partial charge < -0.3 is 9.84 Å². The van der Waals surface area contributed by atoms with Crippen molar-refractivity contribution < 1.29 is 14.6 Å². The highest BCUT2D eigenvalue weighted by Crippen LogP contribution is 2.47. The van der Waals surface area contributed by atoms with Crippen LogP contribution in [0.3, 0.4) is 0 Å². The Labute approximate surface area is 78.1 Å². The van der Waals surface area contributed by atoms with Crippen molar-refractivity contribution in [2.45, 2.75) is 32.1 Å². The van der Waals surface area contributed by atoms with Crippen LogP contribution < -0.4 is 0 Å². The third-order valence-electron chi connectivity index (χ3n) is 3.63. The molecule has 3 nitrogen and oxygen atoms in total. The maximum absolute atomic E-state index is 11.3. The number of rotatable bonds is 2. The SMILES string of the molecule is O=C(O)C1([C@H]2CCOC2)CCCC1. The molecule has 1 heterocycles. The van der Waals surface area contributed by atoms with Crippen LogP contribution in [0.1, 0.15) is 32.1 Å². The molecule has 3 heteroatoms. The third kappa shape index (κ3) is 1.35. The number of carboxylic acids is 1. The van der Waals surface area contributed by atoms with Gasteiger partial charge in [0.2, 0.25) is 0 Å². The summed E-state index contributed by atoms with van der Waals surface area (Å²) in [6.07, 6.45) is 4.80. The van der Waals surface area contributed by atoms with E-state index in [1.807, 2.05) is 0 Å². The quantitative estimate of drug-likeness (QED) is 0.710. The molecule has 13 heavy (non-hydrogen) atoms. The molecule has 1 atom stereocenters. The normalized spacial score (nSPS) is 32.2. The molecule has 1 aliphatic heterocycles. The minimum absolute atomic E-state index is 0.271. The van der Waals surface area contributed by atoms with E-state index in [-0.39, 0.29) is 5.92 Å². The van der Waals surface area contributed by atoms with Gasteiger partial charge in [0.05, 0.1) is 12.0 Å². The van der Waals surface area contributed by atoms with E-state index in [0.717, 1.165) is 38.7 Å². The van der Waals surface area contributed by atoms with Gasteiger partial charge in [0.25, 0.3) is 0 Å². The van der Waals surface area contributed by atoms with E-state index in [4.69, 9.17) is 4.74 Å². The van der Waals surface area contributed by atoms with Crippen molar-refractivity contribution in [1.82, 2.24) is 0 Å². The summed E-state index contributed by atoms with van der Waals surface area (Å²) in [6, 6.07) is 0. The average molecular weight is 184 g/mol. The van der Waals surface area contributed by atoms with Crippen LogP contribution in [0.25, 0.3) is 0 Å². The summed E-state index contributed by atoms with van der Waals surface area (Å²) in [4.78, 5) is 11.3. The Morgan fingerprint density at radius 1 is 1.38 bits per heavy atom. The molecule has 2 rings (SSSR count). The molecule has 0 amide bonds. The summed E-state index contributed by atoms with van der Waals surface area (Å²) in [5, 5.41) is 9.27. The second-order valence-electron chi connectivity index (χ2n) is 4.23. The molecule has 1 aliphatic carbocycles. The summed E-state index contributed by atoms with van der Waals surface area (Å²) < 4.78 is 5.28. The molecule has 0 aromatic heterocycles. The molecular weight excluding hydrogens is 168 g/mol. The lowest BCUT2D eigenvalue weighted by Crippen LogP contribution is -2.36. The molecule has 1 N–H and O–H groups in total. The van der Waals surface area contributed by atoms with Crippen LogP contribution in [0.4, 0.5) is 0 Å². The van der Waals surface area contributed by atoms with Gasteiger partial charge in [-0.1, -0.05) is 12.8 Å². The fraction of sp³-hybridized carbons (Fsp3) is 0.900. The lowest BCUT2D eigenvalue weighted by Gasteiger charge is -2.29. The molecular formula is C10H16O3. The first-order valence-electron chi connectivity index (χ1n) is 5.07. The summed E-state index contributed by atoms with van der Waals surface area (Å²) in [5.74, 6) is -0.326. The van der Waals surface area contributed by atoms with Gasteiger partial charge in [-0.05, 0) is 19.3 Å². The monoisotopic (exact) mass is 184 g/mol. The molecule has 74 valence electrons. The second kappa shape index (κ2) is 3.29. The molecule has 0 aromatic carbocycles. The van der Waals surface area contributed by atoms with Crippen LogP contribution in [-0.2, 0) is 9.53 Å². The van der Waals surface area contributed by atoms with E-state index in [9.17, 15) is 9.90 Å².